The van der Waals surface area contributed by atoms with Crippen LogP contribution in [0.15, 0.2) is 30.3 Å². The second-order valence-corrected chi connectivity index (χ2v) is 11.4. The number of nitrogens with one attached hydrogen (secondary N) is 2. The van der Waals surface area contributed by atoms with Crippen LogP contribution in [0.1, 0.15) is 63.9 Å². The van der Waals surface area contributed by atoms with Crippen molar-refractivity contribution in [1.29, 1.82) is 0 Å². The highest BCUT2D eigenvalue weighted by Gasteiger charge is 2.36. The van der Waals surface area contributed by atoms with Gasteiger partial charge in [0.05, 0.1) is 0 Å². The summed E-state index contributed by atoms with van der Waals surface area (Å²) in [6.07, 6.45) is 9.59. The van der Waals surface area contributed by atoms with Crippen LogP contribution in [0.25, 0.3) is 0 Å². The normalized spacial score (nSPS) is 20.3. The number of anilines is 3. The molecule has 1 aromatic heterocycles. The van der Waals surface area contributed by atoms with Gasteiger partial charge in [-0.05, 0) is 74.4 Å². The quantitative estimate of drug-likeness (QED) is 0.477. The van der Waals surface area contributed by atoms with E-state index in [1.807, 2.05) is 6.07 Å². The largest absolute Gasteiger partial charge is 0.361 e. The van der Waals surface area contributed by atoms with Gasteiger partial charge < -0.3 is 20.4 Å². The number of benzene rings is 1. The molecule has 2 aliphatic heterocycles. The Morgan fingerprint density at radius 3 is 2.31 bits per heavy atom. The van der Waals surface area contributed by atoms with Gasteiger partial charge in [-0.3, -0.25) is 0 Å². The third-order valence-electron chi connectivity index (χ3n) is 8.05. The van der Waals surface area contributed by atoms with Crippen LogP contribution >= 0.6 is 23.8 Å². The molecule has 1 aliphatic carbocycles. The van der Waals surface area contributed by atoms with Crippen LogP contribution in [-0.4, -0.2) is 47.8 Å². The van der Waals surface area contributed by atoms with E-state index in [4.69, 9.17) is 33.8 Å². The summed E-state index contributed by atoms with van der Waals surface area (Å²) in [6, 6.07) is 10.5. The molecule has 1 aromatic carbocycles. The molecule has 3 aliphatic rings. The Balaban J connectivity index is 1.30. The van der Waals surface area contributed by atoms with Crippen LogP contribution in [0.3, 0.4) is 0 Å². The number of halogens is 1. The van der Waals surface area contributed by atoms with Crippen molar-refractivity contribution in [3.63, 3.8) is 0 Å². The molecule has 2 aromatic rings. The molecule has 8 heteroatoms. The minimum absolute atomic E-state index is 0.0601. The number of hydrogen-bond acceptors (Lipinski definition) is 5. The lowest BCUT2D eigenvalue weighted by Gasteiger charge is -2.32. The van der Waals surface area contributed by atoms with E-state index in [2.05, 4.69) is 51.6 Å². The van der Waals surface area contributed by atoms with Crippen molar-refractivity contribution in [3.05, 3.63) is 40.9 Å². The molecule has 3 heterocycles. The predicted octanol–water partition coefficient (Wildman–Crippen LogP) is 5.76. The van der Waals surface area contributed by atoms with E-state index in [1.165, 1.54) is 44.1 Å². The lowest BCUT2D eigenvalue weighted by atomic mass is 9.79. The summed E-state index contributed by atoms with van der Waals surface area (Å²) in [5.41, 5.74) is 1.36. The van der Waals surface area contributed by atoms with E-state index in [0.29, 0.717) is 11.1 Å². The van der Waals surface area contributed by atoms with Gasteiger partial charge in [0, 0.05) is 49.2 Å². The second kappa shape index (κ2) is 10.9. The summed E-state index contributed by atoms with van der Waals surface area (Å²) >= 11 is 12.1. The van der Waals surface area contributed by atoms with Crippen molar-refractivity contribution in [3.8, 4) is 0 Å². The molecule has 2 saturated heterocycles. The molecular weight excluding hydrogens is 476 g/mol. The van der Waals surface area contributed by atoms with E-state index in [9.17, 15) is 0 Å². The summed E-state index contributed by atoms with van der Waals surface area (Å²) in [4.78, 5) is 14.5. The number of aromatic nitrogens is 2. The van der Waals surface area contributed by atoms with Crippen LogP contribution < -0.4 is 20.4 Å². The first-order valence-corrected chi connectivity index (χ1v) is 14.0. The molecule has 3 fully saturated rings. The zero-order valence-corrected chi connectivity index (χ0v) is 22.3. The van der Waals surface area contributed by atoms with Crippen molar-refractivity contribution in [1.82, 2.24) is 15.3 Å². The van der Waals surface area contributed by atoms with Crippen molar-refractivity contribution in [2.24, 2.45) is 5.92 Å². The second-order valence-electron chi connectivity index (χ2n) is 10.6. The average Bonchev–Trinajstić information content (AvgIpc) is 3.56. The smallest absolute Gasteiger partial charge is 0.232 e. The molecule has 35 heavy (non-hydrogen) atoms. The number of hydrogen-bond donors (Lipinski definition) is 2. The van der Waals surface area contributed by atoms with Crippen LogP contribution in [0.2, 0.25) is 5.02 Å². The van der Waals surface area contributed by atoms with Gasteiger partial charge >= 0.3 is 0 Å². The fourth-order valence-electron chi connectivity index (χ4n) is 5.82. The van der Waals surface area contributed by atoms with Gasteiger partial charge in [0.25, 0.3) is 0 Å². The molecule has 0 spiro atoms. The molecule has 0 atom stereocenters. The Bertz CT molecular complexity index is 1030. The van der Waals surface area contributed by atoms with Crippen molar-refractivity contribution < 1.29 is 0 Å². The number of nitrogens with zero attached hydrogens (tertiary/aromatic N) is 4. The van der Waals surface area contributed by atoms with E-state index in [1.54, 1.807) is 0 Å². The molecular formula is C27H37ClN6S. The SMILES string of the molecule is CC1CCN(c2cc(N3CCCC3)nc(NC(=S)NCC3(c4cccc(Cl)c4)CCCC3)n2)CC1. The highest BCUT2D eigenvalue weighted by Crippen LogP contribution is 2.41. The summed E-state index contributed by atoms with van der Waals surface area (Å²) in [5, 5.41) is 8.18. The van der Waals surface area contributed by atoms with E-state index < -0.39 is 0 Å². The van der Waals surface area contributed by atoms with Crippen LogP contribution in [0.5, 0.6) is 0 Å². The Morgan fingerprint density at radius 1 is 1.00 bits per heavy atom. The van der Waals surface area contributed by atoms with Gasteiger partial charge in [-0.1, -0.05) is 43.5 Å². The maximum atomic E-state index is 6.33. The van der Waals surface area contributed by atoms with E-state index >= 15 is 0 Å². The standard InChI is InChI=1S/C27H37ClN6S/c1-20-9-15-34(16-10-20)24-18-23(33-13-4-5-14-33)30-25(31-24)32-26(35)29-19-27(11-2-3-12-27)21-7-6-8-22(28)17-21/h6-8,17-18,20H,2-5,9-16,19H2,1H3,(H2,29,30,31,32,35). The first-order chi connectivity index (χ1) is 17.0. The average molecular weight is 513 g/mol. The Hall–Kier alpha value is -2.12. The minimum Gasteiger partial charge on any atom is -0.361 e. The van der Waals surface area contributed by atoms with E-state index in [-0.39, 0.29) is 5.41 Å². The lowest BCUT2D eigenvalue weighted by molar-refractivity contribution is 0.435. The maximum absolute atomic E-state index is 6.33. The predicted molar refractivity (Wildman–Crippen MR) is 150 cm³/mol. The maximum Gasteiger partial charge on any atom is 0.232 e. The monoisotopic (exact) mass is 512 g/mol. The van der Waals surface area contributed by atoms with Crippen LogP contribution in [0.4, 0.5) is 17.6 Å². The fraction of sp³-hybridized carbons (Fsp3) is 0.593. The van der Waals surface area contributed by atoms with Gasteiger partial charge in [-0.25, -0.2) is 0 Å². The van der Waals surface area contributed by atoms with Gasteiger partial charge in [0.1, 0.15) is 11.6 Å². The third kappa shape index (κ3) is 5.83. The van der Waals surface area contributed by atoms with Crippen molar-refractivity contribution in [2.75, 3.05) is 47.8 Å². The number of piperidine rings is 1. The van der Waals surface area contributed by atoms with Crippen LogP contribution in [-0.2, 0) is 5.41 Å². The first kappa shape index (κ1) is 24.6. The highest BCUT2D eigenvalue weighted by atomic mass is 35.5. The first-order valence-electron chi connectivity index (χ1n) is 13.2. The molecule has 0 unspecified atom stereocenters. The highest BCUT2D eigenvalue weighted by molar-refractivity contribution is 7.80. The molecule has 0 amide bonds. The zero-order valence-electron chi connectivity index (χ0n) is 20.7. The molecule has 1 saturated carbocycles. The summed E-state index contributed by atoms with van der Waals surface area (Å²) in [7, 11) is 0. The molecule has 2 N–H and O–H groups in total. The zero-order chi connectivity index (χ0) is 24.3. The lowest BCUT2D eigenvalue weighted by Crippen LogP contribution is -2.41. The number of rotatable bonds is 6. The minimum atomic E-state index is 0.0601. The van der Waals surface area contributed by atoms with Crippen molar-refractivity contribution in [2.45, 2.75) is 63.7 Å². The van der Waals surface area contributed by atoms with Gasteiger partial charge in [-0.15, -0.1) is 0 Å². The number of thiocarbonyl (C=S) groups is 1. The summed E-state index contributed by atoms with van der Waals surface area (Å²) in [5.74, 6) is 3.37. The van der Waals surface area contributed by atoms with Gasteiger partial charge in [0.2, 0.25) is 5.95 Å². The Kier molecular flexibility index (Phi) is 7.63. The van der Waals surface area contributed by atoms with Gasteiger partial charge in [0.15, 0.2) is 5.11 Å². The molecule has 5 rings (SSSR count). The Morgan fingerprint density at radius 2 is 1.66 bits per heavy atom. The third-order valence-corrected chi connectivity index (χ3v) is 8.53. The van der Waals surface area contributed by atoms with Gasteiger partial charge in [-0.2, -0.15) is 9.97 Å². The Labute approximate surface area is 219 Å². The fourth-order valence-corrected chi connectivity index (χ4v) is 6.17. The molecule has 188 valence electrons. The molecule has 0 bridgehead atoms. The van der Waals surface area contributed by atoms with E-state index in [0.717, 1.165) is 68.1 Å². The van der Waals surface area contributed by atoms with Crippen molar-refractivity contribution >= 4 is 46.5 Å². The summed E-state index contributed by atoms with van der Waals surface area (Å²) in [6.45, 7) is 7.31. The molecule has 6 nitrogen and oxygen atoms in total. The summed E-state index contributed by atoms with van der Waals surface area (Å²) < 4.78 is 0. The van der Waals surface area contributed by atoms with Crippen LogP contribution in [0, 0.1) is 5.92 Å². The molecule has 0 radical (unpaired) electrons. The topological polar surface area (TPSA) is 56.3 Å².